The van der Waals surface area contributed by atoms with Crippen LogP contribution in [0.4, 0.5) is 5.69 Å². The number of sulfonamides is 1. The van der Waals surface area contributed by atoms with Gasteiger partial charge in [0, 0.05) is 22.2 Å². The van der Waals surface area contributed by atoms with Crippen LogP contribution in [0.5, 0.6) is 0 Å². The highest BCUT2D eigenvalue weighted by atomic mass is 127. The van der Waals surface area contributed by atoms with E-state index in [-0.39, 0.29) is 21.5 Å². The Kier molecular flexibility index (Phi) is 6.84. The van der Waals surface area contributed by atoms with Crippen molar-refractivity contribution in [3.05, 3.63) is 56.6 Å². The molecule has 1 N–H and O–H groups in total. The van der Waals surface area contributed by atoms with Crippen LogP contribution in [0.25, 0.3) is 0 Å². The van der Waals surface area contributed by atoms with Crippen LogP contribution in [0.15, 0.2) is 47.4 Å². The van der Waals surface area contributed by atoms with Crippen LogP contribution in [0.2, 0.25) is 5.02 Å². The van der Waals surface area contributed by atoms with Gasteiger partial charge >= 0.3 is 0 Å². The molecule has 0 atom stereocenters. The molecule has 0 saturated heterocycles. The second-order valence-electron chi connectivity index (χ2n) is 5.19. The van der Waals surface area contributed by atoms with Gasteiger partial charge in [-0.3, -0.25) is 4.79 Å². The van der Waals surface area contributed by atoms with E-state index >= 15 is 0 Å². The summed E-state index contributed by atoms with van der Waals surface area (Å²) < 4.78 is 27.6. The molecule has 2 aromatic rings. The summed E-state index contributed by atoms with van der Waals surface area (Å²) in [7, 11) is -3.62. The molecule has 0 aliphatic carbocycles. The Morgan fingerprint density at radius 1 is 1.12 bits per heavy atom. The number of nitrogens with zero attached hydrogens (tertiary/aromatic N) is 1. The van der Waals surface area contributed by atoms with Gasteiger partial charge < -0.3 is 5.32 Å². The first kappa shape index (κ1) is 20.2. The lowest BCUT2D eigenvalue weighted by molar-refractivity contribution is 0.102. The molecule has 0 aromatic heterocycles. The summed E-state index contributed by atoms with van der Waals surface area (Å²) in [5, 5.41) is 2.95. The molecule has 25 heavy (non-hydrogen) atoms. The minimum Gasteiger partial charge on any atom is -0.321 e. The maximum absolute atomic E-state index is 12.6. The van der Waals surface area contributed by atoms with Crippen LogP contribution in [0.1, 0.15) is 24.2 Å². The van der Waals surface area contributed by atoms with Crippen LogP contribution in [-0.4, -0.2) is 31.7 Å². The van der Waals surface area contributed by atoms with Crippen molar-refractivity contribution in [2.24, 2.45) is 0 Å². The number of amides is 1. The zero-order chi connectivity index (χ0) is 18.6. The summed E-state index contributed by atoms with van der Waals surface area (Å²) in [6.45, 7) is 4.28. The van der Waals surface area contributed by atoms with E-state index in [0.29, 0.717) is 18.7 Å². The third-order valence-electron chi connectivity index (χ3n) is 3.64. The minimum atomic E-state index is -3.62. The average molecular weight is 493 g/mol. The van der Waals surface area contributed by atoms with E-state index in [0.717, 1.165) is 3.57 Å². The van der Waals surface area contributed by atoms with Crippen molar-refractivity contribution < 1.29 is 13.2 Å². The molecule has 0 saturated carbocycles. The fraction of sp³-hybridized carbons (Fsp3) is 0.235. The van der Waals surface area contributed by atoms with Crippen molar-refractivity contribution in [1.29, 1.82) is 0 Å². The Labute approximate surface area is 166 Å². The van der Waals surface area contributed by atoms with Crippen molar-refractivity contribution in [3.8, 4) is 0 Å². The first-order chi connectivity index (χ1) is 11.8. The summed E-state index contributed by atoms with van der Waals surface area (Å²) >= 11 is 8.28. The van der Waals surface area contributed by atoms with E-state index < -0.39 is 10.0 Å². The molecule has 5 nitrogen and oxygen atoms in total. The fourth-order valence-corrected chi connectivity index (χ4v) is 4.28. The van der Waals surface area contributed by atoms with Crippen LogP contribution in [-0.2, 0) is 10.0 Å². The molecule has 0 unspecified atom stereocenters. The third kappa shape index (κ3) is 4.72. The van der Waals surface area contributed by atoms with E-state index in [1.807, 2.05) is 12.1 Å². The Morgan fingerprint density at radius 3 is 2.28 bits per heavy atom. The molecule has 0 bridgehead atoms. The molecule has 8 heteroatoms. The van der Waals surface area contributed by atoms with Crippen molar-refractivity contribution in [2.45, 2.75) is 18.7 Å². The maximum Gasteiger partial charge on any atom is 0.255 e. The molecule has 1 amide bonds. The SMILES string of the molecule is CCN(CC)S(=O)(=O)c1ccc(Cl)c(NC(=O)c2ccc(I)cc2)c1. The van der Waals surface area contributed by atoms with Crippen LogP contribution in [0, 0.1) is 3.57 Å². The van der Waals surface area contributed by atoms with E-state index in [2.05, 4.69) is 27.9 Å². The summed E-state index contributed by atoms with van der Waals surface area (Å²) in [5.41, 5.74) is 0.729. The molecule has 0 fully saturated rings. The Hall–Kier alpha value is -1.16. The van der Waals surface area contributed by atoms with E-state index in [1.165, 1.54) is 22.5 Å². The van der Waals surface area contributed by atoms with Crippen LogP contribution in [0.3, 0.4) is 0 Å². The molecule has 0 aliphatic rings. The number of carbonyl (C=O) groups is 1. The van der Waals surface area contributed by atoms with Gasteiger partial charge in [-0.15, -0.1) is 0 Å². The van der Waals surface area contributed by atoms with E-state index in [1.54, 1.807) is 26.0 Å². The van der Waals surface area contributed by atoms with Gasteiger partial charge in [-0.1, -0.05) is 25.4 Å². The summed E-state index contributed by atoms with van der Waals surface area (Å²) in [5.74, 6) is -0.351. The van der Waals surface area contributed by atoms with Gasteiger partial charge in [-0.25, -0.2) is 8.42 Å². The third-order valence-corrected chi connectivity index (χ3v) is 6.73. The van der Waals surface area contributed by atoms with Gasteiger partial charge in [0.15, 0.2) is 0 Å². The summed E-state index contributed by atoms with van der Waals surface area (Å²) in [6.07, 6.45) is 0. The molecular weight excluding hydrogens is 475 g/mol. The molecule has 0 radical (unpaired) electrons. The molecule has 0 spiro atoms. The molecule has 134 valence electrons. The Morgan fingerprint density at radius 2 is 1.72 bits per heavy atom. The van der Waals surface area contributed by atoms with Crippen molar-refractivity contribution >= 4 is 55.8 Å². The number of hydrogen-bond acceptors (Lipinski definition) is 3. The fourth-order valence-electron chi connectivity index (χ4n) is 2.27. The number of carbonyl (C=O) groups excluding carboxylic acids is 1. The zero-order valence-electron chi connectivity index (χ0n) is 13.8. The molecule has 0 aliphatic heterocycles. The quantitative estimate of drug-likeness (QED) is 0.614. The van der Waals surface area contributed by atoms with Gasteiger partial charge in [0.2, 0.25) is 10.0 Å². The molecule has 2 aromatic carbocycles. The summed E-state index contributed by atoms with van der Waals surface area (Å²) in [4.78, 5) is 12.4. The highest BCUT2D eigenvalue weighted by Crippen LogP contribution is 2.27. The predicted octanol–water partition coefficient (Wildman–Crippen LogP) is 4.23. The molecular formula is C17H18ClIN2O3S. The van der Waals surface area contributed by atoms with Gasteiger partial charge in [0.1, 0.15) is 0 Å². The second-order valence-corrected chi connectivity index (χ2v) is 8.78. The number of benzene rings is 2. The van der Waals surface area contributed by atoms with Crippen molar-refractivity contribution in [1.82, 2.24) is 4.31 Å². The van der Waals surface area contributed by atoms with Gasteiger partial charge in [-0.05, 0) is 65.1 Å². The zero-order valence-corrected chi connectivity index (χ0v) is 17.5. The summed E-state index contributed by atoms with van der Waals surface area (Å²) in [6, 6.07) is 11.3. The van der Waals surface area contributed by atoms with Gasteiger partial charge in [0.25, 0.3) is 5.91 Å². The van der Waals surface area contributed by atoms with Gasteiger partial charge in [0.05, 0.1) is 15.6 Å². The standard InChI is InChI=1S/C17H18ClIN2O3S/c1-3-21(4-2)25(23,24)14-9-10-15(18)16(11-14)20-17(22)12-5-7-13(19)8-6-12/h5-11H,3-4H2,1-2H3,(H,20,22). The highest BCUT2D eigenvalue weighted by Gasteiger charge is 2.23. The Balaban J connectivity index is 2.33. The monoisotopic (exact) mass is 492 g/mol. The highest BCUT2D eigenvalue weighted by molar-refractivity contribution is 14.1. The van der Waals surface area contributed by atoms with E-state index in [9.17, 15) is 13.2 Å². The minimum absolute atomic E-state index is 0.0958. The number of rotatable bonds is 6. The van der Waals surface area contributed by atoms with Gasteiger partial charge in [-0.2, -0.15) is 4.31 Å². The molecule has 0 heterocycles. The normalized spacial score (nSPS) is 11.6. The number of halogens is 2. The lowest BCUT2D eigenvalue weighted by Crippen LogP contribution is -2.30. The van der Waals surface area contributed by atoms with Crippen molar-refractivity contribution in [2.75, 3.05) is 18.4 Å². The van der Waals surface area contributed by atoms with Crippen LogP contribution >= 0.6 is 34.2 Å². The Bertz CT molecular complexity index is 866. The average Bonchev–Trinajstić information content (AvgIpc) is 2.58. The molecule has 2 rings (SSSR count). The largest absolute Gasteiger partial charge is 0.321 e. The lowest BCUT2D eigenvalue weighted by atomic mass is 10.2. The second kappa shape index (κ2) is 8.48. The van der Waals surface area contributed by atoms with E-state index in [4.69, 9.17) is 11.6 Å². The van der Waals surface area contributed by atoms with Crippen LogP contribution < -0.4 is 5.32 Å². The first-order valence-electron chi connectivity index (χ1n) is 7.66. The topological polar surface area (TPSA) is 66.5 Å². The first-order valence-corrected chi connectivity index (χ1v) is 10.6. The van der Waals surface area contributed by atoms with Crippen molar-refractivity contribution in [3.63, 3.8) is 0 Å². The predicted molar refractivity (Wildman–Crippen MR) is 109 cm³/mol. The number of hydrogen-bond donors (Lipinski definition) is 1. The maximum atomic E-state index is 12.6. The number of nitrogens with one attached hydrogen (secondary N) is 1. The number of anilines is 1. The lowest BCUT2D eigenvalue weighted by Gasteiger charge is -2.19. The smallest absolute Gasteiger partial charge is 0.255 e.